The second-order valence-electron chi connectivity index (χ2n) is 4.55. The number of benzene rings is 2. The number of rotatable bonds is 5. The molecule has 2 aromatic carbocycles. The quantitative estimate of drug-likeness (QED) is 0.630. The van der Waals surface area contributed by atoms with Crippen molar-refractivity contribution in [2.75, 3.05) is 0 Å². The molecule has 1 atom stereocenters. The SMILES string of the molecule is CC.O=C(CC(c1ccc(Cl)cc1)S(=O)(=O)O)c1ccccc1. The molecule has 1 unspecified atom stereocenters. The highest BCUT2D eigenvalue weighted by Crippen LogP contribution is 2.28. The van der Waals surface area contributed by atoms with E-state index in [-0.39, 0.29) is 12.2 Å². The number of Topliss-reactive ketones (excluding diaryl/α,β-unsaturated/α-hetero) is 1. The first-order chi connectivity index (χ1) is 10.9. The van der Waals surface area contributed by atoms with Crippen LogP contribution in [-0.4, -0.2) is 18.8 Å². The van der Waals surface area contributed by atoms with E-state index in [4.69, 9.17) is 11.6 Å². The first kappa shape index (κ1) is 19.4. The van der Waals surface area contributed by atoms with Gasteiger partial charge in [-0.3, -0.25) is 9.35 Å². The number of halogens is 1. The van der Waals surface area contributed by atoms with Gasteiger partial charge >= 0.3 is 0 Å². The Balaban J connectivity index is 0.00000127. The molecule has 0 bridgehead atoms. The van der Waals surface area contributed by atoms with Crippen molar-refractivity contribution in [3.63, 3.8) is 0 Å². The molecule has 6 heteroatoms. The van der Waals surface area contributed by atoms with Gasteiger partial charge < -0.3 is 0 Å². The Bertz CT molecular complexity index is 725. The van der Waals surface area contributed by atoms with Gasteiger partial charge in [0.15, 0.2) is 5.78 Å². The molecule has 2 aromatic rings. The highest BCUT2D eigenvalue weighted by Gasteiger charge is 2.28. The molecule has 0 aliphatic rings. The van der Waals surface area contributed by atoms with Crippen LogP contribution in [0.5, 0.6) is 0 Å². The molecule has 0 saturated heterocycles. The highest BCUT2D eigenvalue weighted by molar-refractivity contribution is 7.86. The van der Waals surface area contributed by atoms with Gasteiger partial charge in [0.1, 0.15) is 5.25 Å². The number of ketones is 1. The molecule has 124 valence electrons. The van der Waals surface area contributed by atoms with Gasteiger partial charge in [-0.2, -0.15) is 8.42 Å². The minimum Gasteiger partial charge on any atom is -0.294 e. The van der Waals surface area contributed by atoms with Gasteiger partial charge in [0, 0.05) is 17.0 Å². The average molecular weight is 355 g/mol. The van der Waals surface area contributed by atoms with Gasteiger partial charge in [-0.1, -0.05) is 67.9 Å². The maximum atomic E-state index is 12.1. The Morgan fingerprint density at radius 3 is 2.04 bits per heavy atom. The predicted molar refractivity (Wildman–Crippen MR) is 92.5 cm³/mol. The fraction of sp³-hybridized carbons (Fsp3) is 0.235. The van der Waals surface area contributed by atoms with Crippen molar-refractivity contribution in [3.8, 4) is 0 Å². The van der Waals surface area contributed by atoms with Gasteiger partial charge in [0.05, 0.1) is 0 Å². The van der Waals surface area contributed by atoms with Crippen molar-refractivity contribution in [3.05, 3.63) is 70.7 Å². The number of hydrogen-bond acceptors (Lipinski definition) is 3. The molecule has 4 nitrogen and oxygen atoms in total. The van der Waals surface area contributed by atoms with Crippen LogP contribution < -0.4 is 0 Å². The molecule has 0 fully saturated rings. The minimum atomic E-state index is -4.40. The largest absolute Gasteiger partial charge is 0.294 e. The molecule has 0 aromatic heterocycles. The zero-order chi connectivity index (χ0) is 17.5. The molecule has 0 aliphatic carbocycles. The van der Waals surface area contributed by atoms with Crippen LogP contribution >= 0.6 is 11.6 Å². The maximum Gasteiger partial charge on any atom is 0.272 e. The summed E-state index contributed by atoms with van der Waals surface area (Å²) in [7, 11) is -4.40. The monoisotopic (exact) mass is 354 g/mol. The van der Waals surface area contributed by atoms with Gasteiger partial charge in [-0.15, -0.1) is 0 Å². The Morgan fingerprint density at radius 2 is 1.57 bits per heavy atom. The Kier molecular flexibility index (Phi) is 7.42. The van der Waals surface area contributed by atoms with E-state index in [0.29, 0.717) is 16.1 Å². The topological polar surface area (TPSA) is 71.4 Å². The van der Waals surface area contributed by atoms with Crippen molar-refractivity contribution < 1.29 is 17.8 Å². The maximum absolute atomic E-state index is 12.1. The fourth-order valence-corrected chi connectivity index (χ4v) is 2.97. The molecule has 0 heterocycles. The van der Waals surface area contributed by atoms with E-state index in [1.165, 1.54) is 24.3 Å². The van der Waals surface area contributed by atoms with E-state index in [1.54, 1.807) is 30.3 Å². The summed E-state index contributed by atoms with van der Waals surface area (Å²) in [5, 5.41) is -0.857. The summed E-state index contributed by atoms with van der Waals surface area (Å²) in [6.07, 6.45) is -0.329. The number of carbonyl (C=O) groups is 1. The summed E-state index contributed by atoms with van der Waals surface area (Å²) >= 11 is 5.75. The van der Waals surface area contributed by atoms with Crippen molar-refractivity contribution in [2.24, 2.45) is 0 Å². The van der Waals surface area contributed by atoms with Crippen LogP contribution in [-0.2, 0) is 10.1 Å². The molecule has 0 aliphatic heterocycles. The van der Waals surface area contributed by atoms with E-state index in [1.807, 2.05) is 13.8 Å². The first-order valence-electron chi connectivity index (χ1n) is 7.18. The summed E-state index contributed by atoms with van der Waals surface area (Å²) in [5.41, 5.74) is 0.728. The van der Waals surface area contributed by atoms with Crippen LogP contribution in [0.1, 0.15) is 41.4 Å². The molecule has 0 saturated carbocycles. The van der Waals surface area contributed by atoms with Gasteiger partial charge in [-0.25, -0.2) is 0 Å². The van der Waals surface area contributed by atoms with E-state index >= 15 is 0 Å². The fourth-order valence-electron chi connectivity index (χ4n) is 1.98. The van der Waals surface area contributed by atoms with E-state index < -0.39 is 15.4 Å². The van der Waals surface area contributed by atoms with Crippen molar-refractivity contribution in [1.82, 2.24) is 0 Å². The standard InChI is InChI=1S/C15H13ClO4S.C2H6/c16-13-8-6-12(7-9-13)15(21(18,19)20)10-14(17)11-4-2-1-3-5-11;1-2/h1-9,15H,10H2,(H,18,19,20);1-2H3. The number of carbonyl (C=O) groups excluding carboxylic acids is 1. The Labute approximate surface area is 141 Å². The van der Waals surface area contributed by atoms with Crippen LogP contribution in [0.2, 0.25) is 5.02 Å². The lowest BCUT2D eigenvalue weighted by atomic mass is 10.0. The Hall–Kier alpha value is -1.69. The molecule has 0 amide bonds. The van der Waals surface area contributed by atoms with Crippen LogP contribution in [0.15, 0.2) is 54.6 Å². The molecular weight excluding hydrogens is 336 g/mol. The number of hydrogen-bond donors (Lipinski definition) is 1. The average Bonchev–Trinajstić information content (AvgIpc) is 2.55. The van der Waals surface area contributed by atoms with Gasteiger partial charge in [0.25, 0.3) is 10.1 Å². The third-order valence-corrected chi connectivity index (χ3v) is 4.48. The van der Waals surface area contributed by atoms with Crippen molar-refractivity contribution in [2.45, 2.75) is 25.5 Å². The van der Waals surface area contributed by atoms with Crippen LogP contribution in [0.25, 0.3) is 0 Å². The zero-order valence-corrected chi connectivity index (χ0v) is 14.5. The van der Waals surface area contributed by atoms with Crippen molar-refractivity contribution >= 4 is 27.5 Å². The lowest BCUT2D eigenvalue weighted by Gasteiger charge is -2.13. The normalized spacial score (nSPS) is 12.0. The van der Waals surface area contributed by atoms with Gasteiger partial charge in [-0.05, 0) is 17.7 Å². The van der Waals surface area contributed by atoms with Gasteiger partial charge in [0.2, 0.25) is 0 Å². The highest BCUT2D eigenvalue weighted by atomic mass is 35.5. The van der Waals surface area contributed by atoms with E-state index in [0.717, 1.165) is 0 Å². The third-order valence-electron chi connectivity index (χ3n) is 3.07. The second-order valence-corrected chi connectivity index (χ2v) is 6.58. The van der Waals surface area contributed by atoms with Crippen LogP contribution in [0.4, 0.5) is 0 Å². The van der Waals surface area contributed by atoms with E-state index in [9.17, 15) is 17.8 Å². The lowest BCUT2D eigenvalue weighted by Crippen LogP contribution is -2.16. The predicted octanol–water partition coefficient (Wildman–Crippen LogP) is 4.57. The molecular formula is C17H19ClO4S. The summed E-state index contributed by atoms with van der Waals surface area (Å²) < 4.78 is 32.5. The van der Waals surface area contributed by atoms with E-state index in [2.05, 4.69) is 0 Å². The smallest absolute Gasteiger partial charge is 0.272 e. The molecule has 0 radical (unpaired) electrons. The molecule has 2 rings (SSSR count). The first-order valence-corrected chi connectivity index (χ1v) is 9.06. The summed E-state index contributed by atoms with van der Waals surface area (Å²) in [4.78, 5) is 12.1. The summed E-state index contributed by atoms with van der Waals surface area (Å²) in [6.45, 7) is 4.00. The minimum absolute atomic E-state index is 0.325. The summed E-state index contributed by atoms with van der Waals surface area (Å²) in [5.74, 6) is -0.354. The third kappa shape index (κ3) is 5.78. The lowest BCUT2D eigenvalue weighted by molar-refractivity contribution is 0.0979. The summed E-state index contributed by atoms with van der Waals surface area (Å²) in [6, 6.07) is 14.4. The molecule has 23 heavy (non-hydrogen) atoms. The van der Waals surface area contributed by atoms with Crippen molar-refractivity contribution in [1.29, 1.82) is 0 Å². The zero-order valence-electron chi connectivity index (χ0n) is 12.9. The molecule has 1 N–H and O–H groups in total. The van der Waals surface area contributed by atoms with Crippen LogP contribution in [0.3, 0.4) is 0 Å². The molecule has 0 spiro atoms. The second kappa shape index (κ2) is 8.82. The Morgan fingerprint density at radius 1 is 1.04 bits per heavy atom. The van der Waals surface area contributed by atoms with Crippen LogP contribution in [0, 0.1) is 0 Å².